The number of hydrogen-bond acceptors (Lipinski definition) is 5. The fourth-order valence-corrected chi connectivity index (χ4v) is 17.0. The first-order valence-corrected chi connectivity index (χ1v) is 35.9. The molecule has 0 unspecified atom stereocenters. The Balaban J connectivity index is 0.000000208. The molecule has 0 spiro atoms. The molecule has 0 aliphatic heterocycles. The molecular formula is C50H82I3O6-. The first-order valence-electron chi connectivity index (χ1n) is 23.4. The number of carbonyl (C=O) groups excluding carboxylic acids is 2. The molecule has 59 heavy (non-hydrogen) atoms. The van der Waals surface area contributed by atoms with Crippen LogP contribution in [0.25, 0.3) is 0 Å². The number of carboxylic acid groups (broad SMARTS) is 1. The van der Waals surface area contributed by atoms with E-state index in [9.17, 15) is 24.6 Å². The predicted molar refractivity (Wildman–Crippen MR) is 252 cm³/mol. The maximum absolute atomic E-state index is 13.3. The van der Waals surface area contributed by atoms with Gasteiger partial charge in [0.1, 0.15) is 5.78 Å². The number of rotatable bonds is 5. The fourth-order valence-electron chi connectivity index (χ4n) is 17.0. The van der Waals surface area contributed by atoms with Crippen molar-refractivity contribution < 1.29 is 42.6 Å². The average molecular weight is 1160 g/mol. The van der Waals surface area contributed by atoms with Crippen molar-refractivity contribution >= 4 is 55.0 Å². The molecule has 2 N–H and O–H groups in total. The van der Waals surface area contributed by atoms with E-state index >= 15 is 0 Å². The molecule has 0 aromatic carbocycles. The molecule has 9 heteroatoms. The first kappa shape index (κ1) is 50.5. The van der Waals surface area contributed by atoms with Gasteiger partial charge >= 0.3 is 62.4 Å². The number of methoxy groups -OCH3 is 1. The minimum atomic E-state index is -0.665. The number of ether oxygens (including phenoxy) is 1. The SMILES string of the molecule is C.COC(=O)/C=C/[C@@H](C)[C@H]1CC[C@H]2[C@@H]3[C@H](O)C[C@@H]4C[C@H](C)CC[C@]4(C)[C@H]3CC[C@]12C.C[C@@H]1CC[C@@]2(C)[C@H](CC(=O)[C@@H]3[C@@H]2CC[C@]2(C)[C@@H]([C@H](C)C(=O)O)CC[C@@H]32)C1.I[I-]I. The van der Waals surface area contributed by atoms with Gasteiger partial charge in [-0.3, -0.25) is 9.59 Å². The van der Waals surface area contributed by atoms with Crippen LogP contribution in [0.5, 0.6) is 0 Å². The van der Waals surface area contributed by atoms with E-state index in [-0.39, 0.29) is 48.1 Å². The summed E-state index contributed by atoms with van der Waals surface area (Å²) in [6.07, 6.45) is 22.6. The zero-order valence-electron chi connectivity index (χ0n) is 37.3. The van der Waals surface area contributed by atoms with Crippen molar-refractivity contribution in [2.45, 2.75) is 172 Å². The molecule has 0 radical (unpaired) electrons. The monoisotopic (exact) mass is 1160 g/mol. The summed E-state index contributed by atoms with van der Waals surface area (Å²) in [5, 5.41) is 20.9. The third-order valence-corrected chi connectivity index (χ3v) is 20.2. The zero-order valence-corrected chi connectivity index (χ0v) is 43.8. The van der Waals surface area contributed by atoms with Crippen LogP contribution < -0.4 is 13.3 Å². The van der Waals surface area contributed by atoms with E-state index in [1.54, 1.807) is 6.08 Å². The quantitative estimate of drug-likeness (QED) is 0.162. The molecule has 0 heterocycles. The van der Waals surface area contributed by atoms with Crippen LogP contribution in [-0.2, 0) is 19.1 Å². The molecular weight excluding hydrogens is 1080 g/mol. The first-order chi connectivity index (χ1) is 27.3. The van der Waals surface area contributed by atoms with Crippen LogP contribution in [0.15, 0.2) is 12.2 Å². The van der Waals surface area contributed by atoms with Gasteiger partial charge in [0.05, 0.1) is 19.1 Å². The summed E-state index contributed by atoms with van der Waals surface area (Å²) in [6, 6.07) is 0. The van der Waals surface area contributed by atoms with Crippen molar-refractivity contribution in [2.75, 3.05) is 7.11 Å². The Bertz CT molecular complexity index is 1520. The molecule has 0 bridgehead atoms. The van der Waals surface area contributed by atoms with E-state index in [2.05, 4.69) is 91.8 Å². The molecule has 0 aromatic rings. The van der Waals surface area contributed by atoms with Crippen LogP contribution in [0, 0.1) is 105 Å². The van der Waals surface area contributed by atoms with Crippen molar-refractivity contribution in [3.63, 3.8) is 0 Å². The molecule has 6 nitrogen and oxygen atoms in total. The van der Waals surface area contributed by atoms with Crippen LogP contribution >= 0.6 is 37.2 Å². The summed E-state index contributed by atoms with van der Waals surface area (Å²) in [4.78, 5) is 36.5. The number of halogens is 3. The molecule has 0 amide bonds. The van der Waals surface area contributed by atoms with E-state index in [4.69, 9.17) is 4.74 Å². The van der Waals surface area contributed by atoms with Crippen molar-refractivity contribution in [1.29, 1.82) is 0 Å². The number of fused-ring (bicyclic) bond motifs is 10. The number of carbonyl (C=O) groups is 3. The second-order valence-electron chi connectivity index (χ2n) is 22.5. The Morgan fingerprint density at radius 3 is 1.81 bits per heavy atom. The van der Waals surface area contributed by atoms with Crippen LogP contribution in [0.3, 0.4) is 0 Å². The van der Waals surface area contributed by atoms with Gasteiger partial charge in [-0.05, 0) is 176 Å². The average Bonchev–Trinajstić information content (AvgIpc) is 3.72. The fraction of sp³-hybridized carbons (Fsp3) is 0.900. The Hall–Kier alpha value is 0.500. The molecule has 0 saturated heterocycles. The Morgan fingerprint density at radius 2 is 1.22 bits per heavy atom. The number of aliphatic hydroxyl groups excluding tert-OH is 1. The topological polar surface area (TPSA) is 101 Å². The summed E-state index contributed by atoms with van der Waals surface area (Å²) >= 11 is 5.30. The van der Waals surface area contributed by atoms with Gasteiger partial charge in [0.2, 0.25) is 0 Å². The normalized spacial score (nSPS) is 48.1. The van der Waals surface area contributed by atoms with Gasteiger partial charge in [0.25, 0.3) is 0 Å². The standard InChI is InChI=1S/C26H42O3.C23H36O3.CH4.I3/c1-16-10-12-25(3)18(14-16)15-22(27)24-20-8-7-19(17(2)6-9-23(28)29-5)26(20,4)13-11-21(24)25;1-13-7-9-22(3)15(11-13)12-19(24)20-17-6-5-16(14(2)21(25)26)23(17,4)10-8-18(20)22;;1-3-2/h6,9,16-22,24,27H,7-8,10-15H2,1-5H3;13-18,20H,5-12H2,1-4H3,(H,25,26);1H4;/q;;;-1/b9-6+;;;/t16-,17-,18+,19-,20+,21+,22-,24+,25+,26-;13-,14+,15+,16-,17+,18+,20+,22+,23-;;/m11../s1. The zero-order chi connectivity index (χ0) is 42.5. The number of aliphatic carboxylic acids is 1. The summed E-state index contributed by atoms with van der Waals surface area (Å²) in [6.45, 7) is 18.8. The van der Waals surface area contributed by atoms with Crippen molar-refractivity contribution in [3.8, 4) is 0 Å². The molecule has 19 atom stereocenters. The second kappa shape index (κ2) is 19.9. The Kier molecular flexibility index (Phi) is 17.1. The molecule has 8 aliphatic rings. The summed E-state index contributed by atoms with van der Waals surface area (Å²) in [5.74, 6) is 6.35. The third kappa shape index (κ3) is 9.33. The van der Waals surface area contributed by atoms with Gasteiger partial charge in [0, 0.05) is 18.4 Å². The van der Waals surface area contributed by atoms with Gasteiger partial charge in [-0.2, -0.15) is 0 Å². The molecule has 8 fully saturated rings. The summed E-state index contributed by atoms with van der Waals surface area (Å²) < 4.78 is 4.79. The van der Waals surface area contributed by atoms with Crippen LogP contribution in [-0.4, -0.2) is 41.1 Å². The van der Waals surface area contributed by atoms with Gasteiger partial charge in [-0.25, -0.2) is 4.79 Å². The number of hydrogen-bond donors (Lipinski definition) is 2. The number of allylic oxidation sites excluding steroid dienone is 1. The summed E-state index contributed by atoms with van der Waals surface area (Å²) in [5.41, 5.74) is 1.10. The molecule has 0 aromatic heterocycles. The maximum atomic E-state index is 13.3. The van der Waals surface area contributed by atoms with Gasteiger partial charge in [-0.15, -0.1) is 0 Å². The minimum absolute atomic E-state index is 0. The second-order valence-corrected chi connectivity index (χ2v) is 38.8. The number of Topliss-reactive ketones (excluding diaryl/α,β-unsaturated/α-hetero) is 1. The van der Waals surface area contributed by atoms with Crippen LogP contribution in [0.1, 0.15) is 166 Å². The van der Waals surface area contributed by atoms with Crippen molar-refractivity contribution in [1.82, 2.24) is 0 Å². The van der Waals surface area contributed by atoms with Crippen LogP contribution in [0.2, 0.25) is 0 Å². The van der Waals surface area contributed by atoms with Crippen LogP contribution in [0.4, 0.5) is 0 Å². The number of aliphatic hydroxyl groups is 1. The van der Waals surface area contributed by atoms with E-state index < -0.39 is 5.97 Å². The number of ketones is 1. The number of esters is 1. The van der Waals surface area contributed by atoms with E-state index in [1.807, 2.05) is 6.92 Å². The third-order valence-electron chi connectivity index (χ3n) is 20.2. The van der Waals surface area contributed by atoms with Gasteiger partial charge in [0.15, 0.2) is 0 Å². The molecule has 340 valence electrons. The van der Waals surface area contributed by atoms with Gasteiger partial charge < -0.3 is 14.9 Å². The summed E-state index contributed by atoms with van der Waals surface area (Å²) in [7, 11) is 1.44. The van der Waals surface area contributed by atoms with Crippen molar-refractivity contribution in [3.05, 3.63) is 12.2 Å². The van der Waals surface area contributed by atoms with E-state index in [1.165, 1.54) is 71.3 Å². The number of carboxylic acids is 1. The predicted octanol–water partition coefficient (Wildman–Crippen LogP) is 10.2. The van der Waals surface area contributed by atoms with Crippen molar-refractivity contribution in [2.24, 2.45) is 105 Å². The van der Waals surface area contributed by atoms with E-state index in [0.29, 0.717) is 83.1 Å². The Labute approximate surface area is 389 Å². The molecule has 8 aliphatic carbocycles. The van der Waals surface area contributed by atoms with E-state index in [0.717, 1.165) is 50.4 Å². The molecule has 8 saturated carbocycles. The Morgan fingerprint density at radius 1 is 0.746 bits per heavy atom. The molecule has 8 rings (SSSR count). The van der Waals surface area contributed by atoms with Gasteiger partial charge in [-0.1, -0.05) is 81.7 Å².